The zero-order valence-corrected chi connectivity index (χ0v) is 11.1. The predicted octanol–water partition coefficient (Wildman–Crippen LogP) is 2.23. The van der Waals surface area contributed by atoms with E-state index in [-0.39, 0.29) is 0 Å². The highest BCUT2D eigenvalue weighted by Gasteiger charge is 2.12. The first-order chi connectivity index (χ1) is 9.81. The van der Waals surface area contributed by atoms with Crippen molar-refractivity contribution in [3.05, 3.63) is 41.8 Å². The van der Waals surface area contributed by atoms with Crippen LogP contribution in [-0.4, -0.2) is 26.0 Å². The molecule has 0 saturated heterocycles. The van der Waals surface area contributed by atoms with Crippen molar-refractivity contribution in [1.29, 1.82) is 0 Å². The van der Waals surface area contributed by atoms with E-state index in [1.54, 1.807) is 12.4 Å². The molecule has 0 unspecified atom stereocenters. The van der Waals surface area contributed by atoms with Crippen molar-refractivity contribution in [2.45, 2.75) is 26.3 Å². The van der Waals surface area contributed by atoms with Gasteiger partial charge in [-0.3, -0.25) is 4.79 Å². The second-order valence-corrected chi connectivity index (χ2v) is 4.56. The molecule has 0 saturated carbocycles. The molecule has 0 fully saturated rings. The van der Waals surface area contributed by atoms with Crippen LogP contribution in [0.4, 0.5) is 0 Å². The van der Waals surface area contributed by atoms with Crippen LogP contribution in [0, 0.1) is 0 Å². The highest BCUT2D eigenvalue weighted by Crippen LogP contribution is 2.18. The fourth-order valence-corrected chi connectivity index (χ4v) is 2.19. The largest absolute Gasteiger partial charge is 0.339 e. The molecule has 3 aromatic heterocycles. The Morgan fingerprint density at radius 1 is 1.45 bits per heavy atom. The van der Waals surface area contributed by atoms with Crippen molar-refractivity contribution in [1.82, 2.24) is 19.7 Å². The highest BCUT2D eigenvalue weighted by molar-refractivity contribution is 5.95. The maximum atomic E-state index is 11.1. The van der Waals surface area contributed by atoms with Gasteiger partial charge in [0.2, 0.25) is 5.89 Å². The molecule has 0 aliphatic heterocycles. The first-order valence-electron chi connectivity index (χ1n) is 6.52. The summed E-state index contributed by atoms with van der Waals surface area (Å²) in [4.78, 5) is 19.7. The van der Waals surface area contributed by atoms with Gasteiger partial charge in [0.25, 0.3) is 0 Å². The normalized spacial score (nSPS) is 11.1. The number of carbonyl (C=O) groups is 1. The van der Waals surface area contributed by atoms with Crippen LogP contribution in [0.5, 0.6) is 0 Å². The van der Waals surface area contributed by atoms with Crippen molar-refractivity contribution in [2.75, 3.05) is 0 Å². The molecule has 0 aromatic carbocycles. The summed E-state index contributed by atoms with van der Waals surface area (Å²) < 4.78 is 7.02. The molecule has 0 bridgehead atoms. The van der Waals surface area contributed by atoms with Gasteiger partial charge in [-0.05, 0) is 18.6 Å². The van der Waals surface area contributed by atoms with Crippen molar-refractivity contribution in [3.63, 3.8) is 0 Å². The van der Waals surface area contributed by atoms with E-state index in [0.29, 0.717) is 23.8 Å². The van der Waals surface area contributed by atoms with E-state index in [2.05, 4.69) is 22.0 Å². The van der Waals surface area contributed by atoms with Gasteiger partial charge >= 0.3 is 0 Å². The highest BCUT2D eigenvalue weighted by atomic mass is 16.5. The van der Waals surface area contributed by atoms with Crippen LogP contribution in [0.3, 0.4) is 0 Å². The first-order valence-corrected chi connectivity index (χ1v) is 6.52. The van der Waals surface area contributed by atoms with Crippen LogP contribution < -0.4 is 0 Å². The molecule has 0 aliphatic rings. The van der Waals surface area contributed by atoms with E-state index in [0.717, 1.165) is 30.2 Å². The Bertz CT molecular complexity index is 745. The number of nitrogens with zero attached hydrogens (tertiary/aromatic N) is 4. The topological polar surface area (TPSA) is 73.8 Å². The molecular formula is C14H14N4O2. The predicted molar refractivity (Wildman–Crippen MR) is 72.5 cm³/mol. The van der Waals surface area contributed by atoms with Gasteiger partial charge in [0.05, 0.1) is 6.54 Å². The number of pyridine rings is 1. The molecule has 3 heterocycles. The van der Waals surface area contributed by atoms with Crippen molar-refractivity contribution >= 4 is 17.3 Å². The summed E-state index contributed by atoms with van der Waals surface area (Å²) in [6.45, 7) is 2.50. The molecule has 0 N–H and O–H groups in total. The lowest BCUT2D eigenvalue weighted by Crippen LogP contribution is -2.01. The molecular weight excluding hydrogens is 256 g/mol. The third kappa shape index (κ3) is 2.20. The summed E-state index contributed by atoms with van der Waals surface area (Å²) >= 11 is 0. The van der Waals surface area contributed by atoms with E-state index in [9.17, 15) is 4.79 Å². The second kappa shape index (κ2) is 5.24. The van der Waals surface area contributed by atoms with Crippen LogP contribution in [0.25, 0.3) is 11.0 Å². The number of aldehydes is 1. The van der Waals surface area contributed by atoms with Crippen molar-refractivity contribution in [2.24, 2.45) is 0 Å². The van der Waals surface area contributed by atoms with Gasteiger partial charge in [0.15, 0.2) is 12.1 Å². The number of rotatable bonds is 5. The van der Waals surface area contributed by atoms with Crippen LogP contribution >= 0.6 is 0 Å². The van der Waals surface area contributed by atoms with Crippen LogP contribution in [0.1, 0.15) is 35.4 Å². The zero-order chi connectivity index (χ0) is 13.9. The minimum absolute atomic E-state index is 0.439. The molecule has 20 heavy (non-hydrogen) atoms. The Morgan fingerprint density at radius 3 is 3.15 bits per heavy atom. The SMILES string of the molecule is CCCc1nc(Cn2cc(C=O)c3cccnc32)no1. The molecule has 0 radical (unpaired) electrons. The van der Waals surface area contributed by atoms with E-state index >= 15 is 0 Å². The molecule has 102 valence electrons. The van der Waals surface area contributed by atoms with E-state index in [1.807, 2.05) is 16.7 Å². The Morgan fingerprint density at radius 2 is 2.35 bits per heavy atom. The minimum Gasteiger partial charge on any atom is -0.339 e. The lowest BCUT2D eigenvalue weighted by molar-refractivity contribution is 0.112. The Hall–Kier alpha value is -2.50. The maximum Gasteiger partial charge on any atom is 0.226 e. The minimum atomic E-state index is 0.439. The quantitative estimate of drug-likeness (QED) is 0.665. The molecule has 0 aliphatic carbocycles. The van der Waals surface area contributed by atoms with Crippen LogP contribution in [-0.2, 0) is 13.0 Å². The number of hydrogen-bond acceptors (Lipinski definition) is 5. The zero-order valence-electron chi connectivity index (χ0n) is 11.1. The Kier molecular flexibility index (Phi) is 3.28. The fraction of sp³-hybridized carbons (Fsp3) is 0.286. The molecule has 6 nitrogen and oxygen atoms in total. The van der Waals surface area contributed by atoms with Gasteiger partial charge in [0.1, 0.15) is 5.65 Å². The lowest BCUT2D eigenvalue weighted by Gasteiger charge is -1.99. The van der Waals surface area contributed by atoms with E-state index in [1.165, 1.54) is 0 Å². The van der Waals surface area contributed by atoms with E-state index < -0.39 is 0 Å². The molecule has 3 rings (SSSR count). The average molecular weight is 270 g/mol. The number of aromatic nitrogens is 4. The molecule has 3 aromatic rings. The van der Waals surface area contributed by atoms with Gasteiger partial charge < -0.3 is 9.09 Å². The summed E-state index contributed by atoms with van der Waals surface area (Å²) in [5.41, 5.74) is 1.36. The van der Waals surface area contributed by atoms with Crippen molar-refractivity contribution in [3.8, 4) is 0 Å². The van der Waals surface area contributed by atoms with Gasteiger partial charge in [-0.1, -0.05) is 12.1 Å². The summed E-state index contributed by atoms with van der Waals surface area (Å²) in [6.07, 6.45) is 6.04. The molecule has 6 heteroatoms. The Balaban J connectivity index is 1.95. The molecule has 0 amide bonds. The smallest absolute Gasteiger partial charge is 0.226 e. The van der Waals surface area contributed by atoms with Crippen LogP contribution in [0.2, 0.25) is 0 Å². The lowest BCUT2D eigenvalue weighted by atomic mass is 10.2. The number of hydrogen-bond donors (Lipinski definition) is 0. The maximum absolute atomic E-state index is 11.1. The standard InChI is InChI=1S/C14H14N4O2/c1-2-4-13-16-12(17-20-13)8-18-7-10(9-19)11-5-3-6-15-14(11)18/h3,5-7,9H,2,4,8H2,1H3. The van der Waals surface area contributed by atoms with Crippen LogP contribution in [0.15, 0.2) is 29.0 Å². The molecule has 0 atom stereocenters. The van der Waals surface area contributed by atoms with Gasteiger partial charge in [0, 0.05) is 29.8 Å². The van der Waals surface area contributed by atoms with Crippen molar-refractivity contribution < 1.29 is 9.32 Å². The van der Waals surface area contributed by atoms with Gasteiger partial charge in [-0.2, -0.15) is 4.98 Å². The summed E-state index contributed by atoms with van der Waals surface area (Å²) in [5, 5.41) is 4.78. The summed E-state index contributed by atoms with van der Waals surface area (Å²) in [7, 11) is 0. The first kappa shape index (κ1) is 12.5. The number of fused-ring (bicyclic) bond motifs is 1. The number of aryl methyl sites for hydroxylation is 1. The summed E-state index contributed by atoms with van der Waals surface area (Å²) in [6, 6.07) is 3.69. The summed E-state index contributed by atoms with van der Waals surface area (Å²) in [5.74, 6) is 1.23. The molecule has 0 spiro atoms. The fourth-order valence-electron chi connectivity index (χ4n) is 2.19. The van der Waals surface area contributed by atoms with Gasteiger partial charge in [-0.25, -0.2) is 4.98 Å². The number of carbonyl (C=O) groups excluding carboxylic acids is 1. The third-order valence-electron chi connectivity index (χ3n) is 3.08. The van der Waals surface area contributed by atoms with E-state index in [4.69, 9.17) is 4.52 Å². The van der Waals surface area contributed by atoms with Gasteiger partial charge in [-0.15, -0.1) is 0 Å². The average Bonchev–Trinajstić information content (AvgIpc) is 3.05. The second-order valence-electron chi connectivity index (χ2n) is 4.56. The monoisotopic (exact) mass is 270 g/mol. The Labute approximate surface area is 115 Å². The third-order valence-corrected chi connectivity index (χ3v) is 3.08.